The lowest BCUT2D eigenvalue weighted by Crippen LogP contribution is -2.50. The number of aryl methyl sites for hydroxylation is 1. The highest BCUT2D eigenvalue weighted by Crippen LogP contribution is 2.30. The number of hydrogen-bond donors (Lipinski definition) is 4. The average molecular weight is 552 g/mol. The van der Waals surface area contributed by atoms with Crippen molar-refractivity contribution in [1.29, 1.82) is 5.41 Å². The lowest BCUT2D eigenvalue weighted by Gasteiger charge is -2.33. The van der Waals surface area contributed by atoms with E-state index >= 15 is 0 Å². The monoisotopic (exact) mass is 551 g/mol. The summed E-state index contributed by atoms with van der Waals surface area (Å²) in [6.45, 7) is 7.66. The normalized spacial score (nSPS) is 18.7. The molecule has 2 aliphatic rings. The minimum Gasteiger partial charge on any atom is -0.379 e. The molecule has 0 spiro atoms. The highest BCUT2D eigenvalue weighted by Gasteiger charge is 2.28. The van der Waals surface area contributed by atoms with E-state index in [1.165, 1.54) is 0 Å². The van der Waals surface area contributed by atoms with Gasteiger partial charge in [-0.25, -0.2) is 9.97 Å². The number of halogens is 3. The molecule has 0 saturated carbocycles. The van der Waals surface area contributed by atoms with Gasteiger partial charge in [0, 0.05) is 58.1 Å². The van der Waals surface area contributed by atoms with Gasteiger partial charge in [-0.3, -0.25) is 4.90 Å². The van der Waals surface area contributed by atoms with Gasteiger partial charge in [-0.1, -0.05) is 0 Å². The summed E-state index contributed by atoms with van der Waals surface area (Å²) in [5, 5.41) is 18.8. The summed E-state index contributed by atoms with van der Waals surface area (Å²) in [5.41, 5.74) is 2.05. The largest absolute Gasteiger partial charge is 0.411 e. The summed E-state index contributed by atoms with van der Waals surface area (Å²) in [6, 6.07) is 3.97. The summed E-state index contributed by atoms with van der Waals surface area (Å²) in [4.78, 5) is 18.2. The van der Waals surface area contributed by atoms with Crippen molar-refractivity contribution in [2.75, 3.05) is 87.8 Å². The first-order valence-electron chi connectivity index (χ1n) is 13.0. The molecular weight excluding hydrogens is 515 g/mol. The average Bonchev–Trinajstić information content (AvgIpc) is 2.89. The number of pyridine rings is 1. The van der Waals surface area contributed by atoms with Crippen LogP contribution in [0.4, 0.5) is 36.4 Å². The van der Waals surface area contributed by atoms with Crippen LogP contribution in [0.2, 0.25) is 0 Å². The number of aromatic nitrogens is 3. The van der Waals surface area contributed by atoms with Crippen LogP contribution in [-0.2, 0) is 9.47 Å². The van der Waals surface area contributed by atoms with Gasteiger partial charge >= 0.3 is 6.18 Å². The maximum absolute atomic E-state index is 12.6. The molecule has 2 aliphatic heterocycles. The third-order valence-corrected chi connectivity index (χ3v) is 6.30. The van der Waals surface area contributed by atoms with Crippen LogP contribution in [0.1, 0.15) is 18.2 Å². The van der Waals surface area contributed by atoms with Gasteiger partial charge < -0.3 is 35.7 Å². The van der Waals surface area contributed by atoms with Gasteiger partial charge in [-0.2, -0.15) is 18.2 Å². The summed E-state index contributed by atoms with van der Waals surface area (Å²) in [7, 11) is 0. The number of nitrogens with zero attached hydrogens (tertiary/aromatic N) is 5. The van der Waals surface area contributed by atoms with Gasteiger partial charge in [-0.15, -0.1) is 0 Å². The molecular formula is C25H36F3N9O2. The van der Waals surface area contributed by atoms with Crippen LogP contribution in [-0.4, -0.2) is 110 Å². The predicted molar refractivity (Wildman–Crippen MR) is 143 cm³/mol. The fraction of sp³-hybridized carbons (Fsp3) is 0.600. The Morgan fingerprint density at radius 1 is 1.26 bits per heavy atom. The Kier molecular flexibility index (Phi) is 9.88. The molecule has 1 unspecified atom stereocenters. The number of morpholine rings is 1. The van der Waals surface area contributed by atoms with E-state index in [4.69, 9.17) is 24.9 Å². The first kappa shape index (κ1) is 28.9. The Morgan fingerprint density at radius 2 is 2.05 bits per heavy atom. The second kappa shape index (κ2) is 13.3. The molecule has 1 atom stereocenters. The van der Waals surface area contributed by atoms with Crippen LogP contribution in [0, 0.1) is 12.3 Å². The molecule has 0 amide bonds. The summed E-state index contributed by atoms with van der Waals surface area (Å²) < 4.78 is 47.9. The van der Waals surface area contributed by atoms with Crippen molar-refractivity contribution < 1.29 is 22.6 Å². The Labute approximate surface area is 226 Å². The highest BCUT2D eigenvalue weighted by atomic mass is 19.4. The van der Waals surface area contributed by atoms with Crippen molar-refractivity contribution in [2.24, 2.45) is 0 Å². The molecule has 4 rings (SSSR count). The third-order valence-electron chi connectivity index (χ3n) is 6.30. The summed E-state index contributed by atoms with van der Waals surface area (Å²) in [5.74, 6) is 1.41. The van der Waals surface area contributed by atoms with Crippen molar-refractivity contribution in [1.82, 2.24) is 25.2 Å². The lowest BCUT2D eigenvalue weighted by atomic mass is 10.1. The smallest absolute Gasteiger partial charge is 0.379 e. The number of alkyl halides is 3. The van der Waals surface area contributed by atoms with Gasteiger partial charge in [0.05, 0.1) is 25.5 Å². The summed E-state index contributed by atoms with van der Waals surface area (Å²) >= 11 is 0. The quantitative estimate of drug-likeness (QED) is 0.245. The van der Waals surface area contributed by atoms with Crippen molar-refractivity contribution in [3.63, 3.8) is 0 Å². The number of hydrogen-bond acceptors (Lipinski definition) is 11. The minimum atomic E-state index is -4.40. The van der Waals surface area contributed by atoms with E-state index in [2.05, 4.69) is 37.7 Å². The number of ether oxygens (including phenoxy) is 2. The number of anilines is 4. The minimum absolute atomic E-state index is 0.0667. The number of nitrogens with one attached hydrogen (secondary N) is 4. The fourth-order valence-electron chi connectivity index (χ4n) is 4.40. The molecule has 0 aromatic carbocycles. The van der Waals surface area contributed by atoms with Crippen LogP contribution >= 0.6 is 0 Å². The molecule has 39 heavy (non-hydrogen) atoms. The Morgan fingerprint density at radius 3 is 2.77 bits per heavy atom. The van der Waals surface area contributed by atoms with Crippen LogP contribution in [0.3, 0.4) is 0 Å². The van der Waals surface area contributed by atoms with E-state index in [1.807, 2.05) is 19.1 Å². The molecule has 0 radical (unpaired) electrons. The van der Waals surface area contributed by atoms with Gasteiger partial charge in [0.15, 0.2) is 5.82 Å². The molecule has 11 nitrogen and oxygen atoms in total. The van der Waals surface area contributed by atoms with Gasteiger partial charge in [-0.05, 0) is 31.5 Å². The molecule has 2 fully saturated rings. The standard InChI is InChI=1S/C25H36F3N9O2/c1-17-3-4-31-20(13-17)33-23-22(32-6-10-39-16-25(26,27)28)21(19(29)15-36-8-11-38-12-9-36)34-24(35-23)37-7-5-30-18(2)14-37/h3-4,13,18,29-30,32H,5-12,14-16H2,1-2H3,(H,31,33,34,35). The SMILES string of the molecule is Cc1ccnc(Nc2nc(N3CCNC(C)C3)nc(C(=N)CN3CCOCC3)c2NCCOCC(F)(F)F)c1. The zero-order valence-electron chi connectivity index (χ0n) is 22.3. The molecule has 2 saturated heterocycles. The molecule has 2 aromatic rings. The molecule has 2 aromatic heterocycles. The second-order valence-electron chi connectivity index (χ2n) is 9.70. The Hall–Kier alpha value is -3.07. The molecule has 0 aliphatic carbocycles. The maximum Gasteiger partial charge on any atom is 0.411 e. The molecule has 4 heterocycles. The molecule has 4 N–H and O–H groups in total. The molecule has 14 heteroatoms. The fourth-order valence-corrected chi connectivity index (χ4v) is 4.40. The Bertz CT molecular complexity index is 1110. The molecule has 214 valence electrons. The predicted octanol–water partition coefficient (Wildman–Crippen LogP) is 2.41. The molecule has 0 bridgehead atoms. The van der Waals surface area contributed by atoms with E-state index in [9.17, 15) is 13.2 Å². The van der Waals surface area contributed by atoms with Gasteiger partial charge in [0.25, 0.3) is 0 Å². The van der Waals surface area contributed by atoms with E-state index in [1.54, 1.807) is 6.20 Å². The zero-order valence-corrected chi connectivity index (χ0v) is 22.3. The van der Waals surface area contributed by atoms with Crippen molar-refractivity contribution in [3.05, 3.63) is 29.6 Å². The topological polar surface area (TPSA) is 124 Å². The van der Waals surface area contributed by atoms with Crippen LogP contribution < -0.4 is 20.9 Å². The van der Waals surface area contributed by atoms with Crippen LogP contribution in [0.15, 0.2) is 18.3 Å². The van der Waals surface area contributed by atoms with Crippen molar-refractivity contribution >= 4 is 29.0 Å². The van der Waals surface area contributed by atoms with E-state index in [-0.39, 0.29) is 24.9 Å². The van der Waals surface area contributed by atoms with Gasteiger partial charge in [0.2, 0.25) is 5.95 Å². The number of piperazine rings is 1. The second-order valence-corrected chi connectivity index (χ2v) is 9.70. The zero-order chi connectivity index (χ0) is 27.8. The Balaban J connectivity index is 1.67. The summed E-state index contributed by atoms with van der Waals surface area (Å²) in [6.07, 6.45) is -2.72. The lowest BCUT2D eigenvalue weighted by molar-refractivity contribution is -0.172. The van der Waals surface area contributed by atoms with Crippen molar-refractivity contribution in [3.8, 4) is 0 Å². The van der Waals surface area contributed by atoms with Crippen LogP contribution in [0.5, 0.6) is 0 Å². The first-order valence-corrected chi connectivity index (χ1v) is 13.0. The highest BCUT2D eigenvalue weighted by molar-refractivity contribution is 6.05. The van der Waals surface area contributed by atoms with E-state index < -0.39 is 12.8 Å². The van der Waals surface area contributed by atoms with Crippen molar-refractivity contribution in [2.45, 2.75) is 26.1 Å². The van der Waals surface area contributed by atoms with E-state index in [0.717, 1.165) is 12.1 Å². The maximum atomic E-state index is 12.6. The van der Waals surface area contributed by atoms with E-state index in [0.29, 0.717) is 74.9 Å². The first-order chi connectivity index (χ1) is 18.7. The van der Waals surface area contributed by atoms with Crippen LogP contribution in [0.25, 0.3) is 0 Å². The number of rotatable bonds is 11. The third kappa shape index (κ3) is 8.71. The van der Waals surface area contributed by atoms with Gasteiger partial charge in [0.1, 0.15) is 23.8 Å².